The van der Waals surface area contributed by atoms with Gasteiger partial charge in [0, 0.05) is 7.11 Å². The van der Waals surface area contributed by atoms with Gasteiger partial charge in [0.15, 0.2) is 0 Å². The van der Waals surface area contributed by atoms with E-state index in [2.05, 4.69) is 5.32 Å². The summed E-state index contributed by atoms with van der Waals surface area (Å²) in [5.41, 5.74) is -0.496. The largest absolute Gasteiger partial charge is 0.379 e. The third-order valence-corrected chi connectivity index (χ3v) is 1.94. The van der Waals surface area contributed by atoms with Gasteiger partial charge in [0.05, 0.1) is 11.6 Å². The Morgan fingerprint density at radius 2 is 1.92 bits per heavy atom. The molecular formula is C8H17F2NO. The summed E-state index contributed by atoms with van der Waals surface area (Å²) in [5.74, 6) is 0. The van der Waals surface area contributed by atoms with Gasteiger partial charge >= 0.3 is 0 Å². The van der Waals surface area contributed by atoms with Crippen LogP contribution in [0.3, 0.4) is 0 Å². The maximum absolute atomic E-state index is 12.2. The third kappa shape index (κ3) is 3.97. The monoisotopic (exact) mass is 181 g/mol. The Morgan fingerprint density at radius 1 is 1.42 bits per heavy atom. The fourth-order valence-corrected chi connectivity index (χ4v) is 0.930. The Kier molecular flexibility index (Phi) is 4.63. The van der Waals surface area contributed by atoms with E-state index >= 15 is 0 Å². The molecule has 0 aliphatic heterocycles. The van der Waals surface area contributed by atoms with Crippen LogP contribution < -0.4 is 5.32 Å². The van der Waals surface area contributed by atoms with Crippen LogP contribution in [0, 0.1) is 0 Å². The van der Waals surface area contributed by atoms with E-state index in [1.807, 2.05) is 0 Å². The highest BCUT2D eigenvalue weighted by atomic mass is 19.3. The standard InChI is InChI=1S/C8H17F2NO/c1-8(2,12-4)5-6(11-3)7(9)10/h6-7,11H,5H2,1-4H3. The Bertz CT molecular complexity index is 128. The van der Waals surface area contributed by atoms with Gasteiger partial charge in [-0.1, -0.05) is 0 Å². The lowest BCUT2D eigenvalue weighted by Gasteiger charge is -2.27. The molecule has 0 aliphatic carbocycles. The summed E-state index contributed by atoms with van der Waals surface area (Å²) in [7, 11) is 3.06. The van der Waals surface area contributed by atoms with Crippen molar-refractivity contribution < 1.29 is 13.5 Å². The molecule has 1 atom stereocenters. The normalized spacial score (nSPS) is 15.2. The molecule has 0 fully saturated rings. The molecule has 4 heteroatoms. The number of rotatable bonds is 5. The van der Waals surface area contributed by atoms with Crippen LogP contribution in [-0.2, 0) is 4.74 Å². The topological polar surface area (TPSA) is 21.3 Å². The van der Waals surface area contributed by atoms with Crippen molar-refractivity contribution in [3.05, 3.63) is 0 Å². The van der Waals surface area contributed by atoms with Gasteiger partial charge in [0.1, 0.15) is 0 Å². The second-order valence-corrected chi connectivity index (χ2v) is 3.40. The molecule has 0 radical (unpaired) electrons. The highest BCUT2D eigenvalue weighted by molar-refractivity contribution is 4.78. The molecule has 0 rings (SSSR count). The minimum Gasteiger partial charge on any atom is -0.379 e. The summed E-state index contributed by atoms with van der Waals surface area (Å²) in [6.45, 7) is 3.58. The molecule has 0 aliphatic rings. The second kappa shape index (κ2) is 4.72. The lowest BCUT2D eigenvalue weighted by molar-refractivity contribution is -0.0151. The van der Waals surface area contributed by atoms with Crippen LogP contribution >= 0.6 is 0 Å². The molecule has 0 heterocycles. The lowest BCUT2D eigenvalue weighted by Crippen LogP contribution is -2.40. The average Bonchev–Trinajstić information content (AvgIpc) is 2.00. The fraction of sp³-hybridized carbons (Fsp3) is 1.00. The Hall–Kier alpha value is -0.220. The SMILES string of the molecule is CNC(CC(C)(C)OC)C(F)F. The molecule has 0 saturated heterocycles. The van der Waals surface area contributed by atoms with Gasteiger partial charge < -0.3 is 10.1 Å². The van der Waals surface area contributed by atoms with Crippen molar-refractivity contribution in [2.24, 2.45) is 0 Å². The third-order valence-electron chi connectivity index (χ3n) is 1.94. The lowest BCUT2D eigenvalue weighted by atomic mass is 9.99. The van der Waals surface area contributed by atoms with Gasteiger partial charge in [-0.2, -0.15) is 0 Å². The summed E-state index contributed by atoms with van der Waals surface area (Å²) in [4.78, 5) is 0. The molecular weight excluding hydrogens is 164 g/mol. The van der Waals surface area contributed by atoms with E-state index in [-0.39, 0.29) is 0 Å². The van der Waals surface area contributed by atoms with E-state index in [0.29, 0.717) is 6.42 Å². The van der Waals surface area contributed by atoms with Crippen LogP contribution in [-0.4, -0.2) is 32.2 Å². The van der Waals surface area contributed by atoms with Gasteiger partial charge in [-0.3, -0.25) is 0 Å². The van der Waals surface area contributed by atoms with Crippen molar-refractivity contribution >= 4 is 0 Å². The van der Waals surface area contributed by atoms with Gasteiger partial charge in [-0.25, -0.2) is 8.78 Å². The van der Waals surface area contributed by atoms with Gasteiger partial charge in [-0.15, -0.1) is 0 Å². The smallest absolute Gasteiger partial charge is 0.253 e. The minimum atomic E-state index is -2.34. The van der Waals surface area contributed by atoms with E-state index < -0.39 is 18.1 Å². The highest BCUT2D eigenvalue weighted by Gasteiger charge is 2.27. The Labute approximate surface area is 72.3 Å². The molecule has 0 aromatic heterocycles. The summed E-state index contributed by atoms with van der Waals surface area (Å²) >= 11 is 0. The van der Waals surface area contributed by atoms with Crippen LogP contribution in [0.25, 0.3) is 0 Å². The first-order valence-electron chi connectivity index (χ1n) is 3.93. The molecule has 0 spiro atoms. The number of halogens is 2. The number of nitrogens with one attached hydrogen (secondary N) is 1. The summed E-state index contributed by atoms with van der Waals surface area (Å²) in [5, 5.41) is 2.56. The van der Waals surface area contributed by atoms with E-state index in [1.165, 1.54) is 14.2 Å². The first-order chi connectivity index (χ1) is 5.43. The number of methoxy groups -OCH3 is 1. The number of alkyl halides is 2. The summed E-state index contributed by atoms with van der Waals surface area (Å²) in [6, 6.07) is -0.792. The minimum absolute atomic E-state index is 0.303. The molecule has 0 aromatic carbocycles. The van der Waals surface area contributed by atoms with Crippen molar-refractivity contribution in [3.63, 3.8) is 0 Å². The van der Waals surface area contributed by atoms with E-state index in [0.717, 1.165) is 0 Å². The first kappa shape index (κ1) is 11.8. The molecule has 2 nitrogen and oxygen atoms in total. The van der Waals surface area contributed by atoms with Crippen molar-refractivity contribution in [3.8, 4) is 0 Å². The van der Waals surface area contributed by atoms with E-state index in [4.69, 9.17) is 4.74 Å². The number of hydrogen-bond acceptors (Lipinski definition) is 2. The number of ether oxygens (including phenoxy) is 1. The fourth-order valence-electron chi connectivity index (χ4n) is 0.930. The zero-order valence-corrected chi connectivity index (χ0v) is 8.03. The molecule has 0 aromatic rings. The maximum atomic E-state index is 12.2. The van der Waals surface area contributed by atoms with E-state index in [9.17, 15) is 8.78 Å². The first-order valence-corrected chi connectivity index (χ1v) is 3.93. The van der Waals surface area contributed by atoms with Crippen molar-refractivity contribution in [1.29, 1.82) is 0 Å². The molecule has 0 amide bonds. The molecule has 74 valence electrons. The van der Waals surface area contributed by atoms with Crippen LogP contribution in [0.5, 0.6) is 0 Å². The molecule has 0 bridgehead atoms. The van der Waals surface area contributed by atoms with E-state index in [1.54, 1.807) is 13.8 Å². The van der Waals surface area contributed by atoms with Crippen molar-refractivity contribution in [2.45, 2.75) is 38.3 Å². The van der Waals surface area contributed by atoms with Crippen molar-refractivity contribution in [1.82, 2.24) is 5.32 Å². The number of hydrogen-bond donors (Lipinski definition) is 1. The molecule has 1 N–H and O–H groups in total. The van der Waals surface area contributed by atoms with Crippen LogP contribution in [0.2, 0.25) is 0 Å². The zero-order chi connectivity index (χ0) is 9.78. The Balaban J connectivity index is 4.01. The average molecular weight is 181 g/mol. The zero-order valence-electron chi connectivity index (χ0n) is 8.03. The highest BCUT2D eigenvalue weighted by Crippen LogP contribution is 2.18. The van der Waals surface area contributed by atoms with Crippen LogP contribution in [0.15, 0.2) is 0 Å². The van der Waals surface area contributed by atoms with Gasteiger partial charge in [0.2, 0.25) is 0 Å². The quantitative estimate of drug-likeness (QED) is 0.696. The summed E-state index contributed by atoms with van der Waals surface area (Å²) < 4.78 is 29.5. The van der Waals surface area contributed by atoms with Gasteiger partial charge in [-0.05, 0) is 27.3 Å². The summed E-state index contributed by atoms with van der Waals surface area (Å²) in [6.07, 6.45) is -2.04. The predicted octanol–water partition coefficient (Wildman–Crippen LogP) is 1.65. The maximum Gasteiger partial charge on any atom is 0.253 e. The predicted molar refractivity (Wildman–Crippen MR) is 44.6 cm³/mol. The van der Waals surface area contributed by atoms with Crippen LogP contribution in [0.1, 0.15) is 20.3 Å². The Morgan fingerprint density at radius 3 is 2.17 bits per heavy atom. The molecule has 0 saturated carbocycles. The van der Waals surface area contributed by atoms with Gasteiger partial charge in [0.25, 0.3) is 6.43 Å². The molecule has 12 heavy (non-hydrogen) atoms. The van der Waals surface area contributed by atoms with Crippen molar-refractivity contribution in [2.75, 3.05) is 14.2 Å². The van der Waals surface area contributed by atoms with Crippen LogP contribution in [0.4, 0.5) is 8.78 Å². The second-order valence-electron chi connectivity index (χ2n) is 3.40. The molecule has 1 unspecified atom stereocenters.